The van der Waals surface area contributed by atoms with E-state index >= 15 is 0 Å². The number of rotatable bonds is 3. The third-order valence-electron chi connectivity index (χ3n) is 2.78. The summed E-state index contributed by atoms with van der Waals surface area (Å²) >= 11 is 0. The van der Waals surface area contributed by atoms with Gasteiger partial charge in [0.1, 0.15) is 5.75 Å². The molecule has 0 saturated carbocycles. The van der Waals surface area contributed by atoms with Gasteiger partial charge < -0.3 is 9.84 Å². The van der Waals surface area contributed by atoms with Crippen molar-refractivity contribution in [1.29, 1.82) is 0 Å². The molecule has 0 aliphatic rings. The molecule has 0 spiro atoms. The van der Waals surface area contributed by atoms with Gasteiger partial charge in [-0.1, -0.05) is 12.1 Å². The lowest BCUT2D eigenvalue weighted by molar-refractivity contribution is 0.281. The van der Waals surface area contributed by atoms with E-state index in [1.54, 1.807) is 13.3 Å². The van der Waals surface area contributed by atoms with Crippen molar-refractivity contribution in [3.05, 3.63) is 47.8 Å². The number of ether oxygens (including phenoxy) is 1. The Labute approximate surface area is 101 Å². The van der Waals surface area contributed by atoms with Crippen LogP contribution in [0.15, 0.2) is 36.7 Å². The number of aliphatic hydroxyl groups excluding tert-OH is 1. The SMILES string of the molecule is COc1cc(CO)ccc1-c1cnccc1C. The van der Waals surface area contributed by atoms with Crippen LogP contribution in [0.3, 0.4) is 0 Å². The molecule has 1 heterocycles. The third-order valence-corrected chi connectivity index (χ3v) is 2.78. The zero-order chi connectivity index (χ0) is 12.3. The molecule has 0 aliphatic carbocycles. The molecule has 0 bridgehead atoms. The summed E-state index contributed by atoms with van der Waals surface area (Å²) < 4.78 is 5.36. The molecular formula is C14H15NO2. The molecule has 2 aromatic rings. The number of benzene rings is 1. The molecule has 1 aromatic carbocycles. The molecule has 3 nitrogen and oxygen atoms in total. The van der Waals surface area contributed by atoms with Crippen molar-refractivity contribution >= 4 is 0 Å². The minimum absolute atomic E-state index is 0.0165. The van der Waals surface area contributed by atoms with Crippen molar-refractivity contribution < 1.29 is 9.84 Å². The Kier molecular flexibility index (Phi) is 3.40. The topological polar surface area (TPSA) is 42.4 Å². The lowest BCUT2D eigenvalue weighted by Crippen LogP contribution is -1.93. The maximum atomic E-state index is 9.11. The van der Waals surface area contributed by atoms with Crippen molar-refractivity contribution in [3.63, 3.8) is 0 Å². The van der Waals surface area contributed by atoms with E-state index in [-0.39, 0.29) is 6.61 Å². The zero-order valence-electron chi connectivity index (χ0n) is 9.97. The summed E-state index contributed by atoms with van der Waals surface area (Å²) in [6.07, 6.45) is 3.60. The van der Waals surface area contributed by atoms with Crippen molar-refractivity contribution in [2.75, 3.05) is 7.11 Å². The van der Waals surface area contributed by atoms with Crippen LogP contribution in [0.5, 0.6) is 5.75 Å². The molecule has 1 aromatic heterocycles. The molecule has 2 rings (SSSR count). The Morgan fingerprint density at radius 1 is 1.24 bits per heavy atom. The van der Waals surface area contributed by atoms with Crippen LogP contribution in [0, 0.1) is 6.92 Å². The van der Waals surface area contributed by atoms with Crippen molar-refractivity contribution in [2.45, 2.75) is 13.5 Å². The van der Waals surface area contributed by atoms with Crippen molar-refractivity contribution in [2.24, 2.45) is 0 Å². The normalized spacial score (nSPS) is 10.3. The predicted octanol–water partition coefficient (Wildman–Crippen LogP) is 2.56. The number of aliphatic hydroxyl groups is 1. The lowest BCUT2D eigenvalue weighted by atomic mass is 10.0. The van der Waals surface area contributed by atoms with E-state index < -0.39 is 0 Å². The Hall–Kier alpha value is -1.87. The number of hydrogen-bond acceptors (Lipinski definition) is 3. The number of methoxy groups -OCH3 is 1. The van der Waals surface area contributed by atoms with E-state index in [1.165, 1.54) is 0 Å². The molecule has 0 radical (unpaired) electrons. The van der Waals surface area contributed by atoms with E-state index in [0.717, 1.165) is 28.0 Å². The van der Waals surface area contributed by atoms with Crippen LogP contribution in [0.4, 0.5) is 0 Å². The molecule has 0 saturated heterocycles. The maximum absolute atomic E-state index is 9.11. The standard InChI is InChI=1S/C14H15NO2/c1-10-5-6-15-8-13(10)12-4-3-11(9-16)7-14(12)17-2/h3-8,16H,9H2,1-2H3. The van der Waals surface area contributed by atoms with Crippen LogP contribution in [0.25, 0.3) is 11.1 Å². The number of pyridine rings is 1. The fraction of sp³-hybridized carbons (Fsp3) is 0.214. The highest BCUT2D eigenvalue weighted by Gasteiger charge is 2.08. The van der Waals surface area contributed by atoms with Gasteiger partial charge >= 0.3 is 0 Å². The van der Waals surface area contributed by atoms with Crippen LogP contribution < -0.4 is 4.74 Å². The van der Waals surface area contributed by atoms with Gasteiger partial charge in [-0.05, 0) is 30.2 Å². The predicted molar refractivity (Wildman–Crippen MR) is 66.9 cm³/mol. The fourth-order valence-electron chi connectivity index (χ4n) is 1.80. The number of hydrogen-bond donors (Lipinski definition) is 1. The molecular weight excluding hydrogens is 214 g/mol. The summed E-state index contributed by atoms with van der Waals surface area (Å²) in [5.41, 5.74) is 4.03. The van der Waals surface area contributed by atoms with Gasteiger partial charge in [-0.15, -0.1) is 0 Å². The molecule has 0 aliphatic heterocycles. The fourth-order valence-corrected chi connectivity index (χ4v) is 1.80. The second kappa shape index (κ2) is 4.97. The Morgan fingerprint density at radius 2 is 2.06 bits per heavy atom. The van der Waals surface area contributed by atoms with E-state index in [2.05, 4.69) is 4.98 Å². The highest BCUT2D eigenvalue weighted by molar-refractivity contribution is 5.72. The first-order valence-electron chi connectivity index (χ1n) is 5.45. The van der Waals surface area contributed by atoms with Crippen LogP contribution in [-0.2, 0) is 6.61 Å². The molecule has 88 valence electrons. The zero-order valence-corrected chi connectivity index (χ0v) is 9.97. The van der Waals surface area contributed by atoms with E-state index in [0.29, 0.717) is 0 Å². The number of aryl methyl sites for hydroxylation is 1. The summed E-state index contributed by atoms with van der Waals surface area (Å²) in [6.45, 7) is 2.05. The molecule has 17 heavy (non-hydrogen) atoms. The monoisotopic (exact) mass is 229 g/mol. The Morgan fingerprint density at radius 3 is 2.71 bits per heavy atom. The molecule has 0 amide bonds. The van der Waals surface area contributed by atoms with Crippen LogP contribution in [0.1, 0.15) is 11.1 Å². The van der Waals surface area contributed by atoms with Gasteiger partial charge in [-0.25, -0.2) is 0 Å². The summed E-state index contributed by atoms with van der Waals surface area (Å²) in [6, 6.07) is 7.66. The molecule has 0 atom stereocenters. The third kappa shape index (κ3) is 2.29. The maximum Gasteiger partial charge on any atom is 0.127 e. The first kappa shape index (κ1) is 11.6. The minimum Gasteiger partial charge on any atom is -0.496 e. The first-order chi connectivity index (χ1) is 8.26. The van der Waals surface area contributed by atoms with Crippen LogP contribution in [0.2, 0.25) is 0 Å². The summed E-state index contributed by atoms with van der Waals surface area (Å²) in [5, 5.41) is 9.11. The van der Waals surface area contributed by atoms with Crippen molar-refractivity contribution in [3.8, 4) is 16.9 Å². The average Bonchev–Trinajstić information content (AvgIpc) is 2.38. The van der Waals surface area contributed by atoms with Gasteiger partial charge in [0.2, 0.25) is 0 Å². The highest BCUT2D eigenvalue weighted by atomic mass is 16.5. The molecule has 3 heteroatoms. The molecule has 1 N–H and O–H groups in total. The van der Waals surface area contributed by atoms with Crippen LogP contribution >= 0.6 is 0 Å². The van der Waals surface area contributed by atoms with E-state index in [9.17, 15) is 0 Å². The van der Waals surface area contributed by atoms with Gasteiger partial charge in [-0.2, -0.15) is 0 Å². The summed E-state index contributed by atoms with van der Waals surface area (Å²) in [7, 11) is 1.63. The quantitative estimate of drug-likeness (QED) is 0.879. The second-order valence-electron chi connectivity index (χ2n) is 3.88. The minimum atomic E-state index is 0.0165. The number of nitrogens with zero attached hydrogens (tertiary/aromatic N) is 1. The average molecular weight is 229 g/mol. The lowest BCUT2D eigenvalue weighted by Gasteiger charge is -2.11. The molecule has 0 unspecified atom stereocenters. The van der Waals surface area contributed by atoms with Gasteiger partial charge in [0.25, 0.3) is 0 Å². The molecule has 0 fully saturated rings. The Bertz CT molecular complexity index is 523. The van der Waals surface area contributed by atoms with E-state index in [1.807, 2.05) is 37.4 Å². The second-order valence-corrected chi connectivity index (χ2v) is 3.88. The van der Waals surface area contributed by atoms with Gasteiger partial charge in [0.05, 0.1) is 13.7 Å². The Balaban J connectivity index is 2.56. The van der Waals surface area contributed by atoms with Gasteiger partial charge in [0.15, 0.2) is 0 Å². The number of aromatic nitrogens is 1. The first-order valence-corrected chi connectivity index (χ1v) is 5.45. The summed E-state index contributed by atoms with van der Waals surface area (Å²) in [4.78, 5) is 4.13. The highest BCUT2D eigenvalue weighted by Crippen LogP contribution is 2.32. The largest absolute Gasteiger partial charge is 0.496 e. The van der Waals surface area contributed by atoms with Gasteiger partial charge in [-0.3, -0.25) is 4.98 Å². The summed E-state index contributed by atoms with van der Waals surface area (Å²) in [5.74, 6) is 0.757. The van der Waals surface area contributed by atoms with Gasteiger partial charge in [0, 0.05) is 23.5 Å². The smallest absolute Gasteiger partial charge is 0.127 e. The van der Waals surface area contributed by atoms with E-state index in [4.69, 9.17) is 9.84 Å². The van der Waals surface area contributed by atoms with Crippen molar-refractivity contribution in [1.82, 2.24) is 4.98 Å². The van der Waals surface area contributed by atoms with Crippen LogP contribution in [-0.4, -0.2) is 17.2 Å².